The van der Waals surface area contributed by atoms with Crippen molar-refractivity contribution in [2.24, 2.45) is 0 Å². The van der Waals surface area contributed by atoms with Gasteiger partial charge in [-0.2, -0.15) is 0 Å². The van der Waals surface area contributed by atoms with Crippen LogP contribution in [0.15, 0.2) is 36.5 Å². The first-order valence-corrected chi connectivity index (χ1v) is 6.30. The standard InChI is InChI=1S/C13H13Cl2N3/c1-9(10-3-5-11(14)6-4-10)18(2)12-7-8-16-13(15)17-12/h3-9H,1-2H3. The Hall–Kier alpha value is -1.32. The summed E-state index contributed by atoms with van der Waals surface area (Å²) >= 11 is 11.7. The zero-order valence-corrected chi connectivity index (χ0v) is 11.7. The first kappa shape index (κ1) is 13.1. The van der Waals surface area contributed by atoms with E-state index in [-0.39, 0.29) is 11.3 Å². The number of hydrogen-bond donors (Lipinski definition) is 0. The van der Waals surface area contributed by atoms with Gasteiger partial charge >= 0.3 is 0 Å². The number of nitrogens with zero attached hydrogens (tertiary/aromatic N) is 3. The van der Waals surface area contributed by atoms with Crippen LogP contribution in [0, 0.1) is 0 Å². The highest BCUT2D eigenvalue weighted by Crippen LogP contribution is 2.25. The summed E-state index contributed by atoms with van der Waals surface area (Å²) in [6.45, 7) is 2.10. The van der Waals surface area contributed by atoms with Gasteiger partial charge in [0.15, 0.2) is 0 Å². The van der Waals surface area contributed by atoms with Crippen molar-refractivity contribution in [2.45, 2.75) is 13.0 Å². The summed E-state index contributed by atoms with van der Waals surface area (Å²) in [5.41, 5.74) is 1.16. The van der Waals surface area contributed by atoms with Crippen molar-refractivity contribution in [1.29, 1.82) is 0 Å². The second kappa shape index (κ2) is 5.55. The third-order valence-electron chi connectivity index (χ3n) is 2.91. The van der Waals surface area contributed by atoms with Crippen LogP contribution in [-0.4, -0.2) is 17.0 Å². The Morgan fingerprint density at radius 1 is 1.11 bits per heavy atom. The maximum absolute atomic E-state index is 5.88. The second-order valence-corrected chi connectivity index (χ2v) is 4.80. The normalized spacial score (nSPS) is 12.2. The molecule has 1 aromatic carbocycles. The van der Waals surface area contributed by atoms with E-state index in [0.29, 0.717) is 0 Å². The van der Waals surface area contributed by atoms with Crippen molar-refractivity contribution in [3.63, 3.8) is 0 Å². The van der Waals surface area contributed by atoms with Gasteiger partial charge in [0, 0.05) is 18.3 Å². The van der Waals surface area contributed by atoms with E-state index in [9.17, 15) is 0 Å². The third kappa shape index (κ3) is 2.92. The molecule has 5 heteroatoms. The predicted octanol–water partition coefficient (Wildman–Crippen LogP) is 3.98. The Balaban J connectivity index is 2.23. The van der Waals surface area contributed by atoms with Crippen LogP contribution in [0.4, 0.5) is 5.82 Å². The summed E-state index contributed by atoms with van der Waals surface area (Å²) in [5.74, 6) is 0.789. The molecule has 94 valence electrons. The van der Waals surface area contributed by atoms with E-state index >= 15 is 0 Å². The van der Waals surface area contributed by atoms with Crippen molar-refractivity contribution in [3.8, 4) is 0 Å². The molecule has 1 atom stereocenters. The smallest absolute Gasteiger partial charge is 0.224 e. The fourth-order valence-electron chi connectivity index (χ4n) is 1.69. The van der Waals surface area contributed by atoms with Gasteiger partial charge in [0.1, 0.15) is 5.82 Å². The molecule has 0 bridgehead atoms. The fourth-order valence-corrected chi connectivity index (χ4v) is 1.95. The van der Waals surface area contributed by atoms with Crippen molar-refractivity contribution >= 4 is 29.0 Å². The summed E-state index contributed by atoms with van der Waals surface area (Å²) in [6, 6.07) is 9.78. The molecule has 2 rings (SSSR count). The molecule has 1 heterocycles. The minimum atomic E-state index is 0.174. The topological polar surface area (TPSA) is 29.0 Å². The Kier molecular flexibility index (Phi) is 4.04. The summed E-state index contributed by atoms with van der Waals surface area (Å²) in [5, 5.41) is 0.987. The van der Waals surface area contributed by atoms with Gasteiger partial charge in [0.25, 0.3) is 0 Å². The van der Waals surface area contributed by atoms with E-state index in [2.05, 4.69) is 16.9 Å². The first-order valence-electron chi connectivity index (χ1n) is 5.55. The molecular formula is C13H13Cl2N3. The number of benzene rings is 1. The van der Waals surface area contributed by atoms with E-state index in [1.54, 1.807) is 6.20 Å². The Labute approximate surface area is 116 Å². The predicted molar refractivity (Wildman–Crippen MR) is 75.3 cm³/mol. The summed E-state index contributed by atoms with van der Waals surface area (Å²) in [4.78, 5) is 10.1. The fraction of sp³-hybridized carbons (Fsp3) is 0.231. The molecule has 3 nitrogen and oxygen atoms in total. The van der Waals surface area contributed by atoms with Gasteiger partial charge in [0.05, 0.1) is 6.04 Å². The van der Waals surface area contributed by atoms with E-state index in [4.69, 9.17) is 23.2 Å². The highest BCUT2D eigenvalue weighted by atomic mass is 35.5. The lowest BCUT2D eigenvalue weighted by Gasteiger charge is -2.26. The summed E-state index contributed by atoms with van der Waals surface area (Å²) in [6.07, 6.45) is 1.65. The van der Waals surface area contributed by atoms with E-state index in [0.717, 1.165) is 16.4 Å². The maximum atomic E-state index is 5.88. The van der Waals surface area contributed by atoms with E-state index < -0.39 is 0 Å². The molecule has 18 heavy (non-hydrogen) atoms. The molecule has 1 unspecified atom stereocenters. The third-order valence-corrected chi connectivity index (χ3v) is 3.34. The number of anilines is 1. The molecule has 0 amide bonds. The average Bonchev–Trinajstić information content (AvgIpc) is 2.38. The van der Waals surface area contributed by atoms with Crippen molar-refractivity contribution in [3.05, 3.63) is 52.4 Å². The molecule has 0 aliphatic heterocycles. The zero-order valence-electron chi connectivity index (χ0n) is 10.1. The van der Waals surface area contributed by atoms with Crippen molar-refractivity contribution < 1.29 is 0 Å². The second-order valence-electron chi connectivity index (χ2n) is 4.02. The van der Waals surface area contributed by atoms with Crippen LogP contribution in [0.1, 0.15) is 18.5 Å². The largest absolute Gasteiger partial charge is 0.353 e. The minimum Gasteiger partial charge on any atom is -0.353 e. The Bertz CT molecular complexity index is 528. The highest BCUT2D eigenvalue weighted by Gasteiger charge is 2.13. The number of aromatic nitrogens is 2. The van der Waals surface area contributed by atoms with Gasteiger partial charge in [-0.25, -0.2) is 9.97 Å². The van der Waals surface area contributed by atoms with Crippen molar-refractivity contribution in [2.75, 3.05) is 11.9 Å². The molecule has 1 aromatic heterocycles. The molecule has 0 aliphatic rings. The van der Waals surface area contributed by atoms with Gasteiger partial charge in [-0.15, -0.1) is 0 Å². The minimum absolute atomic E-state index is 0.174. The van der Waals surface area contributed by atoms with Crippen molar-refractivity contribution in [1.82, 2.24) is 9.97 Å². The molecule has 2 aromatic rings. The van der Waals surface area contributed by atoms with E-state index in [1.807, 2.05) is 42.3 Å². The summed E-state index contributed by atoms with van der Waals surface area (Å²) < 4.78 is 0. The van der Waals surface area contributed by atoms with Crippen LogP contribution in [-0.2, 0) is 0 Å². The van der Waals surface area contributed by atoms with Crippen LogP contribution in [0.2, 0.25) is 10.3 Å². The lowest BCUT2D eigenvalue weighted by molar-refractivity contribution is 0.727. The quantitative estimate of drug-likeness (QED) is 0.797. The summed E-state index contributed by atoms with van der Waals surface area (Å²) in [7, 11) is 1.97. The molecule has 0 saturated carbocycles. The molecule has 0 N–H and O–H groups in total. The Morgan fingerprint density at radius 2 is 1.78 bits per heavy atom. The number of hydrogen-bond acceptors (Lipinski definition) is 3. The molecule has 0 fully saturated rings. The lowest BCUT2D eigenvalue weighted by atomic mass is 10.1. The zero-order chi connectivity index (χ0) is 13.1. The molecule has 0 spiro atoms. The van der Waals surface area contributed by atoms with Crippen LogP contribution in [0.3, 0.4) is 0 Å². The van der Waals surface area contributed by atoms with Crippen LogP contribution in [0.25, 0.3) is 0 Å². The van der Waals surface area contributed by atoms with Crippen LogP contribution in [0.5, 0.6) is 0 Å². The highest BCUT2D eigenvalue weighted by molar-refractivity contribution is 6.30. The molecular weight excluding hydrogens is 269 g/mol. The van der Waals surface area contributed by atoms with Gasteiger partial charge in [-0.1, -0.05) is 23.7 Å². The SMILES string of the molecule is CC(c1ccc(Cl)cc1)N(C)c1ccnc(Cl)n1. The Morgan fingerprint density at radius 3 is 2.39 bits per heavy atom. The van der Waals surface area contributed by atoms with Gasteiger partial charge < -0.3 is 4.90 Å². The monoisotopic (exact) mass is 281 g/mol. The maximum Gasteiger partial charge on any atom is 0.224 e. The van der Waals surface area contributed by atoms with Gasteiger partial charge in [-0.3, -0.25) is 0 Å². The molecule has 0 aliphatic carbocycles. The van der Waals surface area contributed by atoms with Gasteiger partial charge in [-0.05, 0) is 42.3 Å². The number of rotatable bonds is 3. The van der Waals surface area contributed by atoms with Crippen LogP contribution < -0.4 is 4.90 Å². The van der Waals surface area contributed by atoms with Crippen LogP contribution >= 0.6 is 23.2 Å². The molecule has 0 saturated heterocycles. The number of halogens is 2. The average molecular weight is 282 g/mol. The first-order chi connectivity index (χ1) is 8.58. The molecule has 0 radical (unpaired) electrons. The lowest BCUT2D eigenvalue weighted by Crippen LogP contribution is -2.22. The van der Waals surface area contributed by atoms with E-state index in [1.165, 1.54) is 0 Å². The van der Waals surface area contributed by atoms with Gasteiger partial charge in [0.2, 0.25) is 5.28 Å².